The van der Waals surface area contributed by atoms with E-state index in [-0.39, 0.29) is 34.3 Å². The van der Waals surface area contributed by atoms with E-state index < -0.39 is 28.8 Å². The minimum atomic E-state index is -0.728. The fourth-order valence-corrected chi connectivity index (χ4v) is 4.06. The minimum absolute atomic E-state index is 0.0641. The molecule has 0 radical (unpaired) electrons. The van der Waals surface area contributed by atoms with Crippen molar-refractivity contribution >= 4 is 38.4 Å². The Morgan fingerprint density at radius 2 is 2.03 bits per heavy atom. The number of carbonyl (C=O) groups is 1. The van der Waals surface area contributed by atoms with Crippen LogP contribution >= 0.6 is 11.3 Å². The van der Waals surface area contributed by atoms with Crippen LogP contribution in [0, 0.1) is 11.6 Å². The summed E-state index contributed by atoms with van der Waals surface area (Å²) < 4.78 is 34.2. The minimum Gasteiger partial charge on any atom is -0.460 e. The third-order valence-electron chi connectivity index (χ3n) is 4.26. The van der Waals surface area contributed by atoms with Crippen LogP contribution in [0.25, 0.3) is 21.1 Å². The number of esters is 1. The standard InChI is InChI=1S/C21H18F2N4O3S/c1-21(2,3)30-17(28)9-14-18-12(5-4-6-24-18)20(29)27(26-14)10-16-25-15-8-11(22)7-13(23)19(15)31-16/h4-8H,9-10H2,1-3H3. The predicted octanol–water partition coefficient (Wildman–Crippen LogP) is 3.61. The second kappa shape index (κ2) is 7.77. The molecule has 0 saturated heterocycles. The quantitative estimate of drug-likeness (QED) is 0.447. The van der Waals surface area contributed by atoms with Crippen LogP contribution in [-0.2, 0) is 22.5 Å². The van der Waals surface area contributed by atoms with Crippen molar-refractivity contribution in [2.24, 2.45) is 0 Å². The van der Waals surface area contributed by atoms with Gasteiger partial charge in [-0.15, -0.1) is 11.3 Å². The van der Waals surface area contributed by atoms with Gasteiger partial charge < -0.3 is 4.74 Å². The molecular weight excluding hydrogens is 426 g/mol. The van der Waals surface area contributed by atoms with Crippen LogP contribution in [0.3, 0.4) is 0 Å². The van der Waals surface area contributed by atoms with Crippen LogP contribution < -0.4 is 5.56 Å². The Morgan fingerprint density at radius 1 is 1.26 bits per heavy atom. The zero-order chi connectivity index (χ0) is 22.3. The number of thiazole rings is 1. The van der Waals surface area contributed by atoms with E-state index in [0.29, 0.717) is 10.5 Å². The maximum Gasteiger partial charge on any atom is 0.312 e. The van der Waals surface area contributed by atoms with Gasteiger partial charge in [0.05, 0.1) is 39.8 Å². The van der Waals surface area contributed by atoms with Gasteiger partial charge in [0, 0.05) is 18.3 Å². The van der Waals surface area contributed by atoms with Gasteiger partial charge in [-0.2, -0.15) is 5.10 Å². The lowest BCUT2D eigenvalue weighted by molar-refractivity contribution is -0.154. The molecule has 0 saturated carbocycles. The molecule has 0 unspecified atom stereocenters. The van der Waals surface area contributed by atoms with Crippen LogP contribution in [0.1, 0.15) is 31.5 Å². The second-order valence-corrected chi connectivity index (χ2v) is 9.00. The van der Waals surface area contributed by atoms with Crippen LogP contribution in [0.2, 0.25) is 0 Å². The van der Waals surface area contributed by atoms with Gasteiger partial charge in [-0.3, -0.25) is 14.6 Å². The summed E-state index contributed by atoms with van der Waals surface area (Å²) in [7, 11) is 0. The second-order valence-electron chi connectivity index (χ2n) is 7.92. The molecule has 0 N–H and O–H groups in total. The highest BCUT2D eigenvalue weighted by molar-refractivity contribution is 7.18. The molecule has 4 aromatic rings. The van der Waals surface area contributed by atoms with Crippen LogP contribution in [0.4, 0.5) is 8.78 Å². The predicted molar refractivity (Wildman–Crippen MR) is 112 cm³/mol. The number of hydrogen-bond donors (Lipinski definition) is 0. The summed E-state index contributed by atoms with van der Waals surface area (Å²) in [5, 5.41) is 4.98. The normalized spacial score (nSPS) is 11.9. The largest absolute Gasteiger partial charge is 0.460 e. The first-order chi connectivity index (χ1) is 14.6. The molecule has 4 rings (SSSR count). The van der Waals surface area contributed by atoms with Crippen LogP contribution in [0.5, 0.6) is 0 Å². The molecule has 0 aliphatic heterocycles. The van der Waals surface area contributed by atoms with Gasteiger partial charge in [0.25, 0.3) is 5.56 Å². The molecule has 0 aliphatic rings. The van der Waals surface area contributed by atoms with Gasteiger partial charge in [-0.25, -0.2) is 18.4 Å². The smallest absolute Gasteiger partial charge is 0.312 e. The number of rotatable bonds is 4. The molecule has 7 nitrogen and oxygen atoms in total. The number of hydrogen-bond acceptors (Lipinski definition) is 7. The molecule has 3 heterocycles. The molecule has 0 aliphatic carbocycles. The van der Waals surface area contributed by atoms with Gasteiger partial charge in [-0.1, -0.05) is 0 Å². The van der Waals surface area contributed by atoms with E-state index in [4.69, 9.17) is 4.74 Å². The van der Waals surface area contributed by atoms with Crippen molar-refractivity contribution in [2.75, 3.05) is 0 Å². The molecule has 31 heavy (non-hydrogen) atoms. The summed E-state index contributed by atoms with van der Waals surface area (Å²) >= 11 is 1.01. The molecule has 160 valence electrons. The fourth-order valence-electron chi connectivity index (χ4n) is 3.13. The molecule has 0 atom stereocenters. The number of benzene rings is 1. The first kappa shape index (κ1) is 21.0. The summed E-state index contributed by atoms with van der Waals surface area (Å²) in [6.07, 6.45) is 1.34. The Hall–Kier alpha value is -3.27. The van der Waals surface area contributed by atoms with Crippen molar-refractivity contribution in [3.8, 4) is 0 Å². The molecule has 0 bridgehead atoms. The van der Waals surface area contributed by atoms with Crippen molar-refractivity contribution in [3.63, 3.8) is 0 Å². The maximum absolute atomic E-state index is 14.0. The maximum atomic E-state index is 14.0. The molecule has 1 aromatic carbocycles. The highest BCUT2D eigenvalue weighted by Gasteiger charge is 2.21. The lowest BCUT2D eigenvalue weighted by Crippen LogP contribution is -2.28. The SMILES string of the molecule is CC(C)(C)OC(=O)Cc1nn(Cc2nc3cc(F)cc(F)c3s2)c(=O)c2cccnc12. The highest BCUT2D eigenvalue weighted by Crippen LogP contribution is 2.26. The van der Waals surface area contributed by atoms with Crippen molar-refractivity contribution in [1.29, 1.82) is 0 Å². The summed E-state index contributed by atoms with van der Waals surface area (Å²) in [6, 6.07) is 5.12. The zero-order valence-corrected chi connectivity index (χ0v) is 17.8. The number of carbonyl (C=O) groups excluding carboxylic acids is 1. The van der Waals surface area contributed by atoms with Crippen molar-refractivity contribution in [3.05, 3.63) is 63.2 Å². The summed E-state index contributed by atoms with van der Waals surface area (Å²) in [6.45, 7) is 5.20. The Morgan fingerprint density at radius 3 is 2.77 bits per heavy atom. The molecule has 0 spiro atoms. The monoisotopic (exact) mass is 444 g/mol. The van der Waals surface area contributed by atoms with E-state index in [1.165, 1.54) is 6.20 Å². The Kier molecular flexibility index (Phi) is 5.26. The lowest BCUT2D eigenvalue weighted by Gasteiger charge is -2.19. The number of ether oxygens (including phenoxy) is 1. The van der Waals surface area contributed by atoms with Crippen molar-refractivity contribution < 1.29 is 18.3 Å². The van der Waals surface area contributed by atoms with Gasteiger partial charge >= 0.3 is 5.97 Å². The number of pyridine rings is 1. The van der Waals surface area contributed by atoms with E-state index in [9.17, 15) is 18.4 Å². The summed E-state index contributed by atoms with van der Waals surface area (Å²) in [4.78, 5) is 33.7. The van der Waals surface area contributed by atoms with E-state index in [1.807, 2.05) is 0 Å². The molecule has 0 amide bonds. The highest BCUT2D eigenvalue weighted by atomic mass is 32.1. The van der Waals surface area contributed by atoms with Gasteiger partial charge in [-0.05, 0) is 32.9 Å². The Balaban J connectivity index is 1.76. The van der Waals surface area contributed by atoms with Gasteiger partial charge in [0.1, 0.15) is 22.2 Å². The van der Waals surface area contributed by atoms with E-state index in [2.05, 4.69) is 15.1 Å². The molecule has 10 heteroatoms. The summed E-state index contributed by atoms with van der Waals surface area (Å²) in [5.74, 6) is -1.95. The van der Waals surface area contributed by atoms with Crippen molar-refractivity contribution in [1.82, 2.24) is 19.7 Å². The number of halogens is 2. The van der Waals surface area contributed by atoms with Crippen molar-refractivity contribution in [2.45, 2.75) is 39.3 Å². The topological polar surface area (TPSA) is 87.0 Å². The Bertz CT molecular complexity index is 1380. The summed E-state index contributed by atoms with van der Waals surface area (Å²) in [5.41, 5.74) is -0.339. The van der Waals surface area contributed by atoms with E-state index >= 15 is 0 Å². The third-order valence-corrected chi connectivity index (χ3v) is 5.32. The lowest BCUT2D eigenvalue weighted by atomic mass is 10.1. The molecule has 0 fully saturated rings. The average Bonchev–Trinajstić information content (AvgIpc) is 3.06. The van der Waals surface area contributed by atoms with Gasteiger partial charge in [0.2, 0.25) is 0 Å². The van der Waals surface area contributed by atoms with Crippen LogP contribution in [-0.4, -0.2) is 31.3 Å². The third kappa shape index (κ3) is 4.43. The number of fused-ring (bicyclic) bond motifs is 2. The van der Waals surface area contributed by atoms with E-state index in [0.717, 1.165) is 28.2 Å². The first-order valence-electron chi connectivity index (χ1n) is 9.42. The molecular formula is C21H18F2N4O3S. The Labute approximate surface area is 179 Å². The number of nitrogens with zero attached hydrogens (tertiary/aromatic N) is 4. The first-order valence-corrected chi connectivity index (χ1v) is 10.2. The van der Waals surface area contributed by atoms with Gasteiger partial charge in [0.15, 0.2) is 0 Å². The number of aromatic nitrogens is 4. The fraction of sp³-hybridized carbons (Fsp3) is 0.286. The van der Waals surface area contributed by atoms with Crippen LogP contribution in [0.15, 0.2) is 35.3 Å². The zero-order valence-electron chi connectivity index (χ0n) is 17.0. The van der Waals surface area contributed by atoms with E-state index in [1.54, 1.807) is 32.9 Å². The molecule has 3 aromatic heterocycles. The average molecular weight is 444 g/mol.